The molecule has 0 unspecified atom stereocenters. The Hall–Kier alpha value is -2.33. The second-order valence-corrected chi connectivity index (χ2v) is 4.83. The van der Waals surface area contributed by atoms with Crippen molar-refractivity contribution in [3.8, 4) is 0 Å². The van der Waals surface area contributed by atoms with Crippen molar-refractivity contribution in [2.24, 2.45) is 0 Å². The van der Waals surface area contributed by atoms with E-state index in [1.807, 2.05) is 0 Å². The molecule has 0 aliphatic rings. The number of carbonyl (C=O) groups excluding carboxylic acids is 1. The standard InChI is InChI=1S/C16H14ClFN2O/c1-2-9-20(13-6-3-11(18)4-7-13)16(21)14-10-12(19)5-8-15(14)17/h2-8,10H,1,9,19H2. The number of halogens is 2. The molecule has 0 aromatic heterocycles. The van der Waals surface area contributed by atoms with Gasteiger partial charge in [-0.25, -0.2) is 4.39 Å². The third-order valence-corrected chi connectivity index (χ3v) is 3.25. The second kappa shape index (κ2) is 6.41. The van der Waals surface area contributed by atoms with E-state index in [-0.39, 0.29) is 18.3 Å². The van der Waals surface area contributed by atoms with Crippen LogP contribution >= 0.6 is 11.6 Å². The lowest BCUT2D eigenvalue weighted by molar-refractivity contribution is 0.0990. The molecule has 0 radical (unpaired) electrons. The number of rotatable bonds is 4. The van der Waals surface area contributed by atoms with Crippen LogP contribution in [0.4, 0.5) is 15.8 Å². The van der Waals surface area contributed by atoms with E-state index in [1.54, 1.807) is 18.2 Å². The molecule has 3 nitrogen and oxygen atoms in total. The van der Waals surface area contributed by atoms with E-state index in [1.165, 1.54) is 35.2 Å². The van der Waals surface area contributed by atoms with E-state index in [9.17, 15) is 9.18 Å². The number of carbonyl (C=O) groups is 1. The minimum absolute atomic E-state index is 0.273. The number of benzene rings is 2. The monoisotopic (exact) mass is 304 g/mol. The third kappa shape index (κ3) is 3.41. The van der Waals surface area contributed by atoms with Crippen molar-refractivity contribution in [1.29, 1.82) is 0 Å². The number of anilines is 2. The molecule has 0 saturated carbocycles. The molecule has 2 aromatic carbocycles. The fraction of sp³-hybridized carbons (Fsp3) is 0.0625. The summed E-state index contributed by atoms with van der Waals surface area (Å²) in [5, 5.41) is 0.311. The highest BCUT2D eigenvalue weighted by Crippen LogP contribution is 2.24. The van der Waals surface area contributed by atoms with Gasteiger partial charge in [0.25, 0.3) is 5.91 Å². The quantitative estimate of drug-likeness (QED) is 0.688. The largest absolute Gasteiger partial charge is 0.399 e. The molecule has 2 N–H and O–H groups in total. The summed E-state index contributed by atoms with van der Waals surface area (Å²) in [5.41, 5.74) is 6.99. The molecule has 1 amide bonds. The SMILES string of the molecule is C=CCN(C(=O)c1cc(N)ccc1Cl)c1ccc(F)cc1. The summed E-state index contributed by atoms with van der Waals surface area (Å²) in [5.74, 6) is -0.689. The Kier molecular flexibility index (Phi) is 4.60. The van der Waals surface area contributed by atoms with Crippen LogP contribution in [0, 0.1) is 5.82 Å². The van der Waals surface area contributed by atoms with Gasteiger partial charge in [-0.05, 0) is 42.5 Å². The molecule has 2 rings (SSSR count). The average molecular weight is 305 g/mol. The number of amides is 1. The smallest absolute Gasteiger partial charge is 0.260 e. The molecule has 108 valence electrons. The van der Waals surface area contributed by atoms with Crippen LogP contribution in [0.2, 0.25) is 5.02 Å². The van der Waals surface area contributed by atoms with Gasteiger partial charge in [0.1, 0.15) is 5.82 Å². The van der Waals surface area contributed by atoms with Crippen LogP contribution in [0.15, 0.2) is 55.1 Å². The fourth-order valence-electron chi connectivity index (χ4n) is 1.91. The van der Waals surface area contributed by atoms with Crippen LogP contribution in [0.5, 0.6) is 0 Å². The van der Waals surface area contributed by atoms with E-state index in [4.69, 9.17) is 17.3 Å². The van der Waals surface area contributed by atoms with E-state index >= 15 is 0 Å². The highest BCUT2D eigenvalue weighted by Gasteiger charge is 2.19. The first-order chi connectivity index (χ1) is 10.0. The van der Waals surface area contributed by atoms with Crippen molar-refractivity contribution in [3.63, 3.8) is 0 Å². The Morgan fingerprint density at radius 3 is 2.57 bits per heavy atom. The Bertz CT molecular complexity index is 670. The molecule has 0 fully saturated rings. The summed E-state index contributed by atoms with van der Waals surface area (Å²) >= 11 is 6.06. The number of nitrogens with zero attached hydrogens (tertiary/aromatic N) is 1. The first kappa shape index (κ1) is 15.1. The topological polar surface area (TPSA) is 46.3 Å². The number of nitrogen functional groups attached to an aromatic ring is 1. The van der Waals surface area contributed by atoms with Gasteiger partial charge >= 0.3 is 0 Å². The minimum Gasteiger partial charge on any atom is -0.399 e. The second-order valence-electron chi connectivity index (χ2n) is 4.42. The highest BCUT2D eigenvalue weighted by molar-refractivity contribution is 6.34. The van der Waals surface area contributed by atoms with Gasteiger partial charge in [-0.2, -0.15) is 0 Å². The van der Waals surface area contributed by atoms with Gasteiger partial charge in [0, 0.05) is 17.9 Å². The Morgan fingerprint density at radius 2 is 1.95 bits per heavy atom. The van der Waals surface area contributed by atoms with E-state index < -0.39 is 0 Å². The Balaban J connectivity index is 2.42. The zero-order chi connectivity index (χ0) is 15.4. The fourth-order valence-corrected chi connectivity index (χ4v) is 2.11. The van der Waals surface area contributed by atoms with Crippen LogP contribution < -0.4 is 10.6 Å². The van der Waals surface area contributed by atoms with Crippen molar-refractivity contribution < 1.29 is 9.18 Å². The molecule has 5 heteroatoms. The maximum atomic E-state index is 13.0. The van der Waals surface area contributed by atoms with Gasteiger partial charge < -0.3 is 10.6 Å². The minimum atomic E-state index is -0.369. The zero-order valence-electron chi connectivity index (χ0n) is 11.2. The average Bonchev–Trinajstić information content (AvgIpc) is 2.48. The first-order valence-corrected chi connectivity index (χ1v) is 6.64. The molecule has 0 spiro atoms. The predicted molar refractivity (Wildman–Crippen MR) is 84.1 cm³/mol. The molecule has 2 aromatic rings. The van der Waals surface area contributed by atoms with Crippen LogP contribution in [0.25, 0.3) is 0 Å². The van der Waals surface area contributed by atoms with Gasteiger partial charge in [-0.1, -0.05) is 17.7 Å². The van der Waals surface area contributed by atoms with Crippen LogP contribution in [0.3, 0.4) is 0 Å². The van der Waals surface area contributed by atoms with E-state index in [2.05, 4.69) is 6.58 Å². The van der Waals surface area contributed by atoms with Crippen molar-refractivity contribution in [2.45, 2.75) is 0 Å². The number of nitrogens with two attached hydrogens (primary N) is 1. The van der Waals surface area contributed by atoms with Gasteiger partial charge in [0.15, 0.2) is 0 Å². The first-order valence-electron chi connectivity index (χ1n) is 6.26. The molecule has 0 saturated heterocycles. The molecule has 0 aliphatic heterocycles. The van der Waals surface area contributed by atoms with Gasteiger partial charge in [-0.15, -0.1) is 6.58 Å². The third-order valence-electron chi connectivity index (χ3n) is 2.92. The van der Waals surface area contributed by atoms with Crippen LogP contribution in [-0.2, 0) is 0 Å². The molecule has 0 atom stereocenters. The van der Waals surface area contributed by atoms with Crippen molar-refractivity contribution in [2.75, 3.05) is 17.2 Å². The number of hydrogen-bond acceptors (Lipinski definition) is 2. The molecule has 0 heterocycles. The maximum absolute atomic E-state index is 13.0. The molecule has 0 aliphatic carbocycles. The summed E-state index contributed by atoms with van der Waals surface area (Å²) in [7, 11) is 0. The van der Waals surface area contributed by atoms with E-state index in [0.29, 0.717) is 22.0 Å². The van der Waals surface area contributed by atoms with Gasteiger partial charge in [-0.3, -0.25) is 4.79 Å². The molecule has 0 bridgehead atoms. The van der Waals surface area contributed by atoms with Crippen molar-refractivity contribution in [1.82, 2.24) is 0 Å². The maximum Gasteiger partial charge on any atom is 0.260 e. The van der Waals surface area contributed by atoms with Gasteiger partial charge in [0.05, 0.1) is 10.6 Å². The molecular formula is C16H14ClFN2O. The van der Waals surface area contributed by atoms with Crippen LogP contribution in [0.1, 0.15) is 10.4 Å². The van der Waals surface area contributed by atoms with E-state index in [0.717, 1.165) is 0 Å². The lowest BCUT2D eigenvalue weighted by Gasteiger charge is -2.22. The normalized spacial score (nSPS) is 10.2. The van der Waals surface area contributed by atoms with Crippen molar-refractivity contribution in [3.05, 3.63) is 71.5 Å². The predicted octanol–water partition coefficient (Wildman–Crippen LogP) is 3.89. The Morgan fingerprint density at radius 1 is 1.29 bits per heavy atom. The molecular weight excluding hydrogens is 291 g/mol. The summed E-state index contributed by atoms with van der Waals surface area (Å²) in [6.45, 7) is 3.91. The lowest BCUT2D eigenvalue weighted by Crippen LogP contribution is -2.31. The van der Waals surface area contributed by atoms with Crippen LogP contribution in [-0.4, -0.2) is 12.5 Å². The highest BCUT2D eigenvalue weighted by atomic mass is 35.5. The zero-order valence-corrected chi connectivity index (χ0v) is 12.0. The van der Waals surface area contributed by atoms with Gasteiger partial charge in [0.2, 0.25) is 0 Å². The Labute approximate surface area is 127 Å². The lowest BCUT2D eigenvalue weighted by atomic mass is 10.1. The summed E-state index contributed by atoms with van der Waals surface area (Å²) in [4.78, 5) is 14.1. The van der Waals surface area contributed by atoms with Crippen molar-refractivity contribution >= 4 is 28.9 Å². The summed E-state index contributed by atoms with van der Waals surface area (Å²) in [6.07, 6.45) is 1.58. The summed E-state index contributed by atoms with van der Waals surface area (Å²) in [6, 6.07) is 10.3. The summed E-state index contributed by atoms with van der Waals surface area (Å²) < 4.78 is 13.0. The number of hydrogen-bond donors (Lipinski definition) is 1. The molecule has 21 heavy (non-hydrogen) atoms.